The van der Waals surface area contributed by atoms with Gasteiger partial charge in [0.15, 0.2) is 9.84 Å². The van der Waals surface area contributed by atoms with Crippen molar-refractivity contribution in [1.82, 2.24) is 4.42 Å². The van der Waals surface area contributed by atoms with Crippen LogP contribution >= 0.6 is 11.8 Å². The molecule has 0 atom stereocenters. The molecule has 1 aliphatic rings. The fraction of sp³-hybridized carbons (Fsp3) is 1.00. The molecule has 1 heterocycles. The summed E-state index contributed by atoms with van der Waals surface area (Å²) in [6, 6.07) is 0. The first-order valence-electron chi connectivity index (χ1n) is 8.35. The van der Waals surface area contributed by atoms with Crippen LogP contribution in [0, 0.1) is 0 Å². The highest BCUT2D eigenvalue weighted by Gasteiger charge is 2.48. The maximum absolute atomic E-state index is 12.7. The van der Waals surface area contributed by atoms with Gasteiger partial charge in [0.05, 0.1) is 44.0 Å². The zero-order valence-electron chi connectivity index (χ0n) is 15.5. The summed E-state index contributed by atoms with van der Waals surface area (Å²) in [5.41, 5.74) is -0.728. The standard InChI is InChI=1S/C16H32ClNO5S/c1-15(2)12-14(13-16(3,4)18(15)17)24(19,20)11-10-23-9-8-22-7-6-21-5/h14H,6-13H2,1-5H3. The quantitative estimate of drug-likeness (QED) is 0.424. The Morgan fingerprint density at radius 3 is 1.92 bits per heavy atom. The summed E-state index contributed by atoms with van der Waals surface area (Å²) in [6.45, 7) is 10.0. The second-order valence-electron chi connectivity index (χ2n) is 7.52. The molecule has 0 bridgehead atoms. The van der Waals surface area contributed by atoms with E-state index in [-0.39, 0.29) is 28.7 Å². The third-order valence-corrected chi connectivity index (χ3v) is 7.34. The highest BCUT2D eigenvalue weighted by Crippen LogP contribution is 2.42. The number of rotatable bonds is 10. The number of sulfone groups is 1. The van der Waals surface area contributed by atoms with Gasteiger partial charge in [0.1, 0.15) is 0 Å². The van der Waals surface area contributed by atoms with Gasteiger partial charge < -0.3 is 14.2 Å². The van der Waals surface area contributed by atoms with Crippen LogP contribution in [0.5, 0.6) is 0 Å². The molecule has 0 aromatic carbocycles. The third kappa shape index (κ3) is 6.42. The zero-order valence-corrected chi connectivity index (χ0v) is 17.1. The smallest absolute Gasteiger partial charge is 0.155 e. The van der Waals surface area contributed by atoms with E-state index < -0.39 is 9.84 Å². The Bertz CT molecular complexity index is 463. The molecule has 1 aliphatic heterocycles. The van der Waals surface area contributed by atoms with Crippen LogP contribution in [0.4, 0.5) is 0 Å². The minimum absolute atomic E-state index is 0.0319. The fourth-order valence-corrected chi connectivity index (χ4v) is 5.37. The molecule has 1 fully saturated rings. The van der Waals surface area contributed by atoms with Gasteiger partial charge in [0.2, 0.25) is 0 Å². The number of hydrogen-bond donors (Lipinski definition) is 0. The van der Waals surface area contributed by atoms with E-state index in [1.165, 1.54) is 0 Å². The van der Waals surface area contributed by atoms with Crippen LogP contribution in [-0.4, -0.2) is 75.1 Å². The van der Waals surface area contributed by atoms with E-state index in [0.717, 1.165) is 0 Å². The minimum Gasteiger partial charge on any atom is -0.382 e. The number of methoxy groups -OCH3 is 1. The van der Waals surface area contributed by atoms with Crippen LogP contribution in [0.2, 0.25) is 0 Å². The monoisotopic (exact) mass is 385 g/mol. The Balaban J connectivity index is 2.42. The lowest BCUT2D eigenvalue weighted by Gasteiger charge is -2.51. The topological polar surface area (TPSA) is 65.1 Å². The number of piperidine rings is 1. The van der Waals surface area contributed by atoms with Crippen molar-refractivity contribution in [2.24, 2.45) is 0 Å². The molecule has 8 heteroatoms. The van der Waals surface area contributed by atoms with Gasteiger partial charge in [-0.25, -0.2) is 12.8 Å². The molecule has 0 saturated carbocycles. The van der Waals surface area contributed by atoms with Crippen LogP contribution in [0.3, 0.4) is 0 Å². The van der Waals surface area contributed by atoms with Crippen molar-refractivity contribution >= 4 is 21.6 Å². The molecule has 0 aliphatic carbocycles. The summed E-state index contributed by atoms with van der Waals surface area (Å²) >= 11 is 6.40. The Morgan fingerprint density at radius 1 is 0.958 bits per heavy atom. The Hall–Kier alpha value is 0.0800. The number of halogens is 1. The molecular weight excluding hydrogens is 354 g/mol. The molecule has 24 heavy (non-hydrogen) atoms. The second kappa shape index (κ2) is 9.14. The maximum atomic E-state index is 12.7. The molecule has 0 unspecified atom stereocenters. The second-order valence-corrected chi connectivity index (χ2v) is 10.3. The number of ether oxygens (including phenoxy) is 3. The molecular formula is C16H32ClNO5S. The first-order valence-corrected chi connectivity index (χ1v) is 10.4. The average Bonchev–Trinajstić information content (AvgIpc) is 2.46. The highest BCUT2D eigenvalue weighted by atomic mass is 35.5. The molecule has 6 nitrogen and oxygen atoms in total. The van der Waals surface area contributed by atoms with Crippen LogP contribution in [0.25, 0.3) is 0 Å². The van der Waals surface area contributed by atoms with E-state index in [1.807, 2.05) is 27.7 Å². The van der Waals surface area contributed by atoms with Crippen molar-refractivity contribution in [3.05, 3.63) is 0 Å². The molecule has 0 radical (unpaired) electrons. The lowest BCUT2D eigenvalue weighted by Crippen LogP contribution is -2.58. The Morgan fingerprint density at radius 2 is 1.42 bits per heavy atom. The van der Waals surface area contributed by atoms with Crippen LogP contribution in [0.15, 0.2) is 0 Å². The van der Waals surface area contributed by atoms with Gasteiger partial charge in [-0.3, -0.25) is 0 Å². The number of nitrogens with zero attached hydrogens (tertiary/aromatic N) is 1. The average molecular weight is 386 g/mol. The van der Waals surface area contributed by atoms with Crippen molar-refractivity contribution in [2.75, 3.05) is 45.9 Å². The molecule has 0 N–H and O–H groups in total. The van der Waals surface area contributed by atoms with E-state index in [2.05, 4.69) is 0 Å². The molecule has 1 rings (SSSR count). The third-order valence-electron chi connectivity index (χ3n) is 4.34. The van der Waals surface area contributed by atoms with E-state index in [0.29, 0.717) is 39.3 Å². The van der Waals surface area contributed by atoms with Crippen LogP contribution in [-0.2, 0) is 24.0 Å². The zero-order chi connectivity index (χ0) is 18.4. The van der Waals surface area contributed by atoms with Crippen molar-refractivity contribution < 1.29 is 22.6 Å². The SMILES string of the molecule is COCCOCCOCCS(=O)(=O)C1CC(C)(C)N(Cl)C(C)(C)C1. The summed E-state index contributed by atoms with van der Waals surface area (Å²) in [7, 11) is -1.61. The van der Waals surface area contributed by atoms with E-state index in [1.54, 1.807) is 11.5 Å². The lowest BCUT2D eigenvalue weighted by molar-refractivity contribution is 0.0282. The van der Waals surface area contributed by atoms with Crippen molar-refractivity contribution in [2.45, 2.75) is 56.9 Å². The summed E-state index contributed by atoms with van der Waals surface area (Å²) in [6.07, 6.45) is 1.06. The lowest BCUT2D eigenvalue weighted by atomic mass is 9.82. The minimum atomic E-state index is -3.22. The largest absolute Gasteiger partial charge is 0.382 e. The van der Waals surface area contributed by atoms with Gasteiger partial charge in [0.25, 0.3) is 0 Å². The van der Waals surface area contributed by atoms with Gasteiger partial charge in [-0.05, 0) is 52.3 Å². The molecule has 0 aromatic heterocycles. The first-order chi connectivity index (χ1) is 11.0. The van der Waals surface area contributed by atoms with Crippen molar-refractivity contribution in [3.8, 4) is 0 Å². The van der Waals surface area contributed by atoms with Gasteiger partial charge in [-0.1, -0.05) is 0 Å². The highest BCUT2D eigenvalue weighted by molar-refractivity contribution is 7.92. The first kappa shape index (κ1) is 22.1. The molecule has 0 spiro atoms. The molecule has 0 amide bonds. The normalized spacial score (nSPS) is 21.9. The summed E-state index contributed by atoms with van der Waals surface area (Å²) in [5.74, 6) is 0.0319. The Labute approximate surface area is 151 Å². The molecule has 0 aromatic rings. The Kier molecular flexibility index (Phi) is 8.43. The number of hydrogen-bond acceptors (Lipinski definition) is 6. The van der Waals surface area contributed by atoms with Gasteiger partial charge in [0, 0.05) is 18.2 Å². The van der Waals surface area contributed by atoms with E-state index in [9.17, 15) is 8.42 Å². The summed E-state index contributed by atoms with van der Waals surface area (Å²) < 4.78 is 42.6. The van der Waals surface area contributed by atoms with Crippen LogP contribution in [0.1, 0.15) is 40.5 Å². The fourth-order valence-electron chi connectivity index (χ4n) is 3.23. The van der Waals surface area contributed by atoms with Gasteiger partial charge >= 0.3 is 0 Å². The van der Waals surface area contributed by atoms with Crippen LogP contribution < -0.4 is 0 Å². The maximum Gasteiger partial charge on any atom is 0.155 e. The van der Waals surface area contributed by atoms with Crippen molar-refractivity contribution in [3.63, 3.8) is 0 Å². The van der Waals surface area contributed by atoms with E-state index in [4.69, 9.17) is 26.0 Å². The van der Waals surface area contributed by atoms with E-state index >= 15 is 0 Å². The van der Waals surface area contributed by atoms with Gasteiger partial charge in [-0.15, -0.1) is 0 Å². The molecule has 144 valence electrons. The van der Waals surface area contributed by atoms with Crippen molar-refractivity contribution in [1.29, 1.82) is 0 Å². The predicted octanol–water partition coefficient (Wildman–Crippen LogP) is 2.26. The summed E-state index contributed by atoms with van der Waals surface area (Å²) in [5, 5.41) is -0.390. The summed E-state index contributed by atoms with van der Waals surface area (Å²) in [4.78, 5) is 0. The predicted molar refractivity (Wildman–Crippen MR) is 96.2 cm³/mol. The molecule has 1 saturated heterocycles. The van der Waals surface area contributed by atoms with Gasteiger partial charge in [-0.2, -0.15) is 0 Å².